The topological polar surface area (TPSA) is 67.4 Å². The number of hydrogen-bond acceptors (Lipinski definition) is 3. The predicted octanol–water partition coefficient (Wildman–Crippen LogP) is 5.04. The van der Waals surface area contributed by atoms with Crippen LogP contribution in [0.4, 0.5) is 5.69 Å². The molecule has 0 heterocycles. The number of amides is 2. The van der Waals surface area contributed by atoms with Crippen LogP contribution in [-0.2, 0) is 0 Å². The van der Waals surface area contributed by atoms with Crippen molar-refractivity contribution in [3.05, 3.63) is 59.7 Å². The summed E-state index contributed by atoms with van der Waals surface area (Å²) in [6.07, 6.45) is 5.73. The first kappa shape index (κ1) is 20.9. The molecule has 0 unspecified atom stereocenters. The molecule has 1 aliphatic carbocycles. The number of ether oxygens (including phenoxy) is 1. The summed E-state index contributed by atoms with van der Waals surface area (Å²) >= 11 is 0. The molecule has 0 radical (unpaired) electrons. The molecule has 0 spiro atoms. The molecule has 0 aliphatic heterocycles. The zero-order chi connectivity index (χ0) is 20.6. The average Bonchev–Trinajstić information content (AvgIpc) is 2.74. The van der Waals surface area contributed by atoms with Crippen molar-refractivity contribution in [3.8, 4) is 5.75 Å². The second-order valence-electron chi connectivity index (χ2n) is 8.07. The van der Waals surface area contributed by atoms with E-state index in [2.05, 4.69) is 24.5 Å². The second-order valence-corrected chi connectivity index (χ2v) is 8.07. The van der Waals surface area contributed by atoms with Crippen molar-refractivity contribution in [1.29, 1.82) is 0 Å². The highest BCUT2D eigenvalue weighted by Crippen LogP contribution is 2.19. The van der Waals surface area contributed by atoms with Crippen molar-refractivity contribution in [3.63, 3.8) is 0 Å². The first-order valence-electron chi connectivity index (χ1n) is 10.5. The Kier molecular flexibility index (Phi) is 7.28. The number of nitrogens with one attached hydrogen (secondary N) is 2. The van der Waals surface area contributed by atoms with Crippen molar-refractivity contribution >= 4 is 17.5 Å². The van der Waals surface area contributed by atoms with E-state index in [1.807, 2.05) is 0 Å². The Bertz CT molecular complexity index is 807. The first-order chi connectivity index (χ1) is 14.0. The summed E-state index contributed by atoms with van der Waals surface area (Å²) in [5.41, 5.74) is 1.82. The van der Waals surface area contributed by atoms with E-state index in [0.717, 1.165) is 18.6 Å². The molecule has 1 aliphatic rings. The second kappa shape index (κ2) is 10.1. The molecule has 0 bridgehead atoms. The fraction of sp³-hybridized carbons (Fsp3) is 0.417. The van der Waals surface area contributed by atoms with E-state index in [1.165, 1.54) is 19.3 Å². The average molecular weight is 395 g/mol. The van der Waals surface area contributed by atoms with Crippen LogP contribution in [0.5, 0.6) is 5.75 Å². The number of carbonyl (C=O) groups excluding carboxylic acids is 2. The highest BCUT2D eigenvalue weighted by atomic mass is 16.5. The summed E-state index contributed by atoms with van der Waals surface area (Å²) in [4.78, 5) is 24.8. The zero-order valence-corrected chi connectivity index (χ0v) is 17.2. The van der Waals surface area contributed by atoms with Gasteiger partial charge in [-0.05, 0) is 67.3 Å². The van der Waals surface area contributed by atoms with Crippen molar-refractivity contribution in [2.75, 3.05) is 11.9 Å². The van der Waals surface area contributed by atoms with Gasteiger partial charge in [0.2, 0.25) is 0 Å². The molecule has 2 N–H and O–H groups in total. The minimum Gasteiger partial charge on any atom is -0.493 e. The third-order valence-corrected chi connectivity index (χ3v) is 5.05. The highest BCUT2D eigenvalue weighted by molar-refractivity contribution is 6.04. The Hall–Kier alpha value is -2.82. The van der Waals surface area contributed by atoms with Crippen LogP contribution in [0.2, 0.25) is 0 Å². The van der Waals surface area contributed by atoms with Crippen molar-refractivity contribution in [2.24, 2.45) is 5.92 Å². The lowest BCUT2D eigenvalue weighted by Crippen LogP contribution is -2.36. The summed E-state index contributed by atoms with van der Waals surface area (Å²) in [5, 5.41) is 5.97. The molecule has 1 saturated carbocycles. The van der Waals surface area contributed by atoms with Gasteiger partial charge >= 0.3 is 0 Å². The van der Waals surface area contributed by atoms with Crippen LogP contribution in [0.25, 0.3) is 0 Å². The Labute approximate surface area is 172 Å². The smallest absolute Gasteiger partial charge is 0.255 e. The maximum Gasteiger partial charge on any atom is 0.255 e. The molecule has 2 aromatic carbocycles. The molecule has 29 heavy (non-hydrogen) atoms. The normalized spacial score (nSPS) is 14.4. The molecule has 0 aromatic heterocycles. The third-order valence-electron chi connectivity index (χ3n) is 5.05. The largest absolute Gasteiger partial charge is 0.493 e. The van der Waals surface area contributed by atoms with Crippen LogP contribution in [0.15, 0.2) is 48.5 Å². The number of benzene rings is 2. The number of carbonyl (C=O) groups is 2. The summed E-state index contributed by atoms with van der Waals surface area (Å²) < 4.78 is 5.64. The summed E-state index contributed by atoms with van der Waals surface area (Å²) in [7, 11) is 0. The summed E-state index contributed by atoms with van der Waals surface area (Å²) in [6.45, 7) is 4.83. The van der Waals surface area contributed by atoms with Crippen molar-refractivity contribution in [1.82, 2.24) is 5.32 Å². The van der Waals surface area contributed by atoms with Gasteiger partial charge in [0.15, 0.2) is 0 Å². The molecule has 154 valence electrons. The molecule has 3 rings (SSSR count). The molecule has 2 amide bonds. The van der Waals surface area contributed by atoms with Crippen LogP contribution < -0.4 is 15.4 Å². The fourth-order valence-corrected chi connectivity index (χ4v) is 3.39. The Balaban J connectivity index is 1.53. The van der Waals surface area contributed by atoms with Crippen molar-refractivity contribution < 1.29 is 14.3 Å². The van der Waals surface area contributed by atoms with E-state index >= 15 is 0 Å². The van der Waals surface area contributed by atoms with Crippen molar-refractivity contribution in [2.45, 2.75) is 52.0 Å². The number of rotatable bonds is 7. The minimum absolute atomic E-state index is 0.0493. The SMILES string of the molecule is CC(C)COc1ccc(C(=O)Nc2ccc(C(=O)NC3CCCCC3)cc2)cc1. The van der Waals surface area contributed by atoms with Gasteiger partial charge in [0.25, 0.3) is 11.8 Å². The maximum absolute atomic E-state index is 12.4. The van der Waals surface area contributed by atoms with Gasteiger partial charge in [-0.1, -0.05) is 33.1 Å². The monoisotopic (exact) mass is 394 g/mol. The van der Waals surface area contributed by atoms with E-state index in [9.17, 15) is 9.59 Å². The predicted molar refractivity (Wildman–Crippen MR) is 116 cm³/mol. The van der Waals surface area contributed by atoms with Gasteiger partial charge in [0.05, 0.1) is 6.61 Å². The van der Waals surface area contributed by atoms with Crippen LogP contribution >= 0.6 is 0 Å². The molecule has 0 saturated heterocycles. The van der Waals surface area contributed by atoms with E-state index < -0.39 is 0 Å². The van der Waals surface area contributed by atoms with Crippen LogP contribution in [0.1, 0.15) is 66.7 Å². The Morgan fingerprint density at radius 1 is 0.897 bits per heavy atom. The van der Waals surface area contributed by atoms with Gasteiger partial charge in [-0.2, -0.15) is 0 Å². The summed E-state index contributed by atoms with van der Waals surface area (Å²) in [6, 6.07) is 14.4. The molecule has 5 heteroatoms. The molecular weight excluding hydrogens is 364 g/mol. The lowest BCUT2D eigenvalue weighted by molar-refractivity contribution is 0.0927. The van der Waals surface area contributed by atoms with Gasteiger partial charge < -0.3 is 15.4 Å². The highest BCUT2D eigenvalue weighted by Gasteiger charge is 2.16. The number of anilines is 1. The first-order valence-corrected chi connectivity index (χ1v) is 10.5. The van der Waals surface area contributed by atoms with Gasteiger partial charge in [-0.15, -0.1) is 0 Å². The standard InChI is InChI=1S/C24H30N2O3/c1-17(2)16-29-22-14-10-19(11-15-22)24(28)26-21-12-8-18(9-13-21)23(27)25-20-6-4-3-5-7-20/h8-15,17,20H,3-7,16H2,1-2H3,(H,25,27)(H,26,28). The Morgan fingerprint density at radius 3 is 2.10 bits per heavy atom. The summed E-state index contributed by atoms with van der Waals surface area (Å²) in [5.74, 6) is 0.959. The van der Waals surface area contributed by atoms with Gasteiger partial charge in [0.1, 0.15) is 5.75 Å². The van der Waals surface area contributed by atoms with Crippen LogP contribution in [0.3, 0.4) is 0 Å². The van der Waals surface area contributed by atoms with E-state index in [1.54, 1.807) is 48.5 Å². The zero-order valence-electron chi connectivity index (χ0n) is 17.2. The quantitative estimate of drug-likeness (QED) is 0.692. The minimum atomic E-state index is -0.195. The van der Waals surface area contributed by atoms with E-state index in [0.29, 0.717) is 29.3 Å². The maximum atomic E-state index is 12.4. The molecule has 2 aromatic rings. The molecule has 1 fully saturated rings. The molecular formula is C24H30N2O3. The van der Waals surface area contributed by atoms with Gasteiger partial charge in [0, 0.05) is 22.9 Å². The van der Waals surface area contributed by atoms with Gasteiger partial charge in [-0.3, -0.25) is 9.59 Å². The lowest BCUT2D eigenvalue weighted by Gasteiger charge is -2.22. The Morgan fingerprint density at radius 2 is 1.48 bits per heavy atom. The third kappa shape index (κ3) is 6.34. The molecule has 5 nitrogen and oxygen atoms in total. The fourth-order valence-electron chi connectivity index (χ4n) is 3.39. The van der Waals surface area contributed by atoms with Gasteiger partial charge in [-0.25, -0.2) is 0 Å². The van der Waals surface area contributed by atoms with Crippen LogP contribution in [-0.4, -0.2) is 24.5 Å². The molecule has 0 atom stereocenters. The van der Waals surface area contributed by atoms with E-state index in [4.69, 9.17) is 4.74 Å². The number of hydrogen-bond donors (Lipinski definition) is 2. The van der Waals surface area contributed by atoms with Crippen LogP contribution in [0, 0.1) is 5.92 Å². The lowest BCUT2D eigenvalue weighted by atomic mass is 9.95. The van der Waals surface area contributed by atoms with E-state index in [-0.39, 0.29) is 17.9 Å².